The summed E-state index contributed by atoms with van der Waals surface area (Å²) in [4.78, 5) is 28.1. The maximum absolute atomic E-state index is 14.1. The molecular weight excluding hydrogens is 415 g/mol. The number of nitrogens with zero attached hydrogens (tertiary/aromatic N) is 4. The predicted octanol–water partition coefficient (Wildman–Crippen LogP) is 3.24. The van der Waals surface area contributed by atoms with Crippen LogP contribution in [0.25, 0.3) is 10.9 Å². The molecule has 10 heteroatoms. The first-order valence-corrected chi connectivity index (χ1v) is 10.6. The van der Waals surface area contributed by atoms with Crippen molar-refractivity contribution in [3.8, 4) is 0 Å². The third-order valence-corrected chi connectivity index (χ3v) is 5.94. The first kappa shape index (κ1) is 21.7. The number of aromatic amines is 1. The Morgan fingerprint density at radius 3 is 2.69 bits per heavy atom. The van der Waals surface area contributed by atoms with E-state index in [1.165, 1.54) is 30.3 Å². The van der Waals surface area contributed by atoms with Crippen molar-refractivity contribution >= 4 is 28.2 Å². The number of anilines is 1. The van der Waals surface area contributed by atoms with Gasteiger partial charge in [0.15, 0.2) is 5.69 Å². The number of piperazine rings is 1. The molecule has 1 atom stereocenters. The molecule has 9 nitrogen and oxygen atoms in total. The highest BCUT2D eigenvalue weighted by atomic mass is 19.1. The molecule has 0 aliphatic carbocycles. The second kappa shape index (κ2) is 8.91. The van der Waals surface area contributed by atoms with E-state index in [2.05, 4.69) is 32.2 Å². The number of rotatable bonds is 6. The lowest BCUT2D eigenvalue weighted by Crippen LogP contribution is -2.46. The Hall–Kier alpha value is -3.53. The summed E-state index contributed by atoms with van der Waals surface area (Å²) >= 11 is 0. The Labute approximate surface area is 184 Å². The Morgan fingerprint density at radius 1 is 1.25 bits per heavy atom. The number of nitro benzene ring substituents is 1. The number of benzene rings is 2. The highest BCUT2D eigenvalue weighted by molar-refractivity contribution is 6.05. The Bertz CT molecular complexity index is 1160. The molecule has 4 rings (SSSR count). The number of carbonyl (C=O) groups is 1. The van der Waals surface area contributed by atoms with Crippen molar-refractivity contribution in [2.45, 2.75) is 19.9 Å². The summed E-state index contributed by atoms with van der Waals surface area (Å²) in [5.74, 6) is -0.867. The van der Waals surface area contributed by atoms with Crippen molar-refractivity contribution in [2.24, 2.45) is 0 Å². The van der Waals surface area contributed by atoms with Crippen LogP contribution >= 0.6 is 0 Å². The molecule has 32 heavy (non-hydrogen) atoms. The zero-order valence-electron chi connectivity index (χ0n) is 18.0. The van der Waals surface area contributed by atoms with Gasteiger partial charge in [-0.25, -0.2) is 4.39 Å². The molecule has 1 aromatic heterocycles. The van der Waals surface area contributed by atoms with E-state index in [0.29, 0.717) is 16.5 Å². The molecule has 0 radical (unpaired) electrons. The second-order valence-corrected chi connectivity index (χ2v) is 7.88. The number of halogens is 1. The molecule has 1 unspecified atom stereocenters. The lowest BCUT2D eigenvalue weighted by molar-refractivity contribution is -0.384. The third kappa shape index (κ3) is 4.26. The SMILES string of the molecule is CCN1CCN(c2ccc(F)cc2C(C)NC(=O)c2n[nH]c3ccc([N+](=O)[O-])cc23)CC1. The number of hydrogen-bond donors (Lipinski definition) is 2. The van der Waals surface area contributed by atoms with Gasteiger partial charge in [-0.1, -0.05) is 6.92 Å². The zero-order valence-corrected chi connectivity index (χ0v) is 18.0. The van der Waals surface area contributed by atoms with E-state index >= 15 is 0 Å². The second-order valence-electron chi connectivity index (χ2n) is 7.88. The van der Waals surface area contributed by atoms with Gasteiger partial charge in [-0.3, -0.25) is 20.0 Å². The predicted molar refractivity (Wildman–Crippen MR) is 119 cm³/mol. The van der Waals surface area contributed by atoms with Crippen LogP contribution in [0.2, 0.25) is 0 Å². The van der Waals surface area contributed by atoms with Crippen LogP contribution in [-0.2, 0) is 0 Å². The number of aromatic nitrogens is 2. The Morgan fingerprint density at radius 2 is 2.00 bits per heavy atom. The van der Waals surface area contributed by atoms with Crippen molar-refractivity contribution in [3.05, 3.63) is 63.6 Å². The van der Waals surface area contributed by atoms with Crippen LogP contribution in [0.3, 0.4) is 0 Å². The summed E-state index contributed by atoms with van der Waals surface area (Å²) in [7, 11) is 0. The molecule has 168 valence electrons. The van der Waals surface area contributed by atoms with E-state index in [9.17, 15) is 19.3 Å². The molecule has 2 heterocycles. The van der Waals surface area contributed by atoms with Gasteiger partial charge < -0.3 is 15.1 Å². The molecule has 1 aliphatic rings. The van der Waals surface area contributed by atoms with Crippen LogP contribution in [0.4, 0.5) is 15.8 Å². The van der Waals surface area contributed by atoms with E-state index in [1.54, 1.807) is 13.0 Å². The van der Waals surface area contributed by atoms with Gasteiger partial charge in [0.1, 0.15) is 5.82 Å². The van der Waals surface area contributed by atoms with E-state index in [1.807, 2.05) is 0 Å². The normalized spacial score (nSPS) is 15.7. The molecule has 2 N–H and O–H groups in total. The molecule has 2 aromatic carbocycles. The third-order valence-electron chi connectivity index (χ3n) is 5.94. The summed E-state index contributed by atoms with van der Waals surface area (Å²) in [6.45, 7) is 8.39. The highest BCUT2D eigenvalue weighted by Crippen LogP contribution is 2.29. The van der Waals surface area contributed by atoms with Crippen LogP contribution in [0.5, 0.6) is 0 Å². The molecule has 3 aromatic rings. The Balaban J connectivity index is 1.58. The van der Waals surface area contributed by atoms with Gasteiger partial charge in [0.25, 0.3) is 11.6 Å². The van der Waals surface area contributed by atoms with Gasteiger partial charge in [0.05, 0.1) is 16.5 Å². The van der Waals surface area contributed by atoms with Gasteiger partial charge in [-0.15, -0.1) is 0 Å². The molecule has 0 bridgehead atoms. The quantitative estimate of drug-likeness (QED) is 0.450. The summed E-state index contributed by atoms with van der Waals surface area (Å²) in [5.41, 5.74) is 2.02. The van der Waals surface area contributed by atoms with Crippen LogP contribution in [-0.4, -0.2) is 58.7 Å². The molecule has 0 saturated carbocycles. The zero-order chi connectivity index (χ0) is 22.8. The lowest BCUT2D eigenvalue weighted by atomic mass is 10.0. The minimum Gasteiger partial charge on any atom is -0.369 e. The molecule has 1 aliphatic heterocycles. The van der Waals surface area contributed by atoms with E-state index in [4.69, 9.17) is 0 Å². The maximum atomic E-state index is 14.1. The average molecular weight is 440 g/mol. The standard InChI is InChI=1S/C22H25FN6O3/c1-3-27-8-10-28(11-9-27)20-7-4-15(23)12-17(20)14(2)24-22(30)21-18-13-16(29(31)32)5-6-19(18)25-26-21/h4-7,12-14H,3,8-11H2,1-2H3,(H,24,30)(H,25,26). The fraction of sp³-hybridized carbons (Fsp3) is 0.364. The van der Waals surface area contributed by atoms with Gasteiger partial charge in [-0.2, -0.15) is 5.10 Å². The largest absolute Gasteiger partial charge is 0.369 e. The smallest absolute Gasteiger partial charge is 0.272 e. The summed E-state index contributed by atoms with van der Waals surface area (Å²) in [5, 5.41) is 21.1. The van der Waals surface area contributed by atoms with Crippen LogP contribution in [0.1, 0.15) is 35.9 Å². The molecule has 1 amide bonds. The highest BCUT2D eigenvalue weighted by Gasteiger charge is 2.24. The minimum absolute atomic E-state index is 0.0602. The lowest BCUT2D eigenvalue weighted by Gasteiger charge is -2.37. The summed E-state index contributed by atoms with van der Waals surface area (Å²) < 4.78 is 14.1. The van der Waals surface area contributed by atoms with Gasteiger partial charge in [-0.05, 0) is 37.7 Å². The first-order chi connectivity index (χ1) is 15.4. The van der Waals surface area contributed by atoms with Gasteiger partial charge in [0.2, 0.25) is 0 Å². The fourth-order valence-corrected chi connectivity index (χ4v) is 4.10. The molecular formula is C22H25FN6O3. The van der Waals surface area contributed by atoms with E-state index in [0.717, 1.165) is 38.4 Å². The molecule has 1 fully saturated rings. The number of amides is 1. The van der Waals surface area contributed by atoms with Crippen molar-refractivity contribution < 1.29 is 14.1 Å². The number of nitrogens with one attached hydrogen (secondary N) is 2. The number of nitro groups is 1. The van der Waals surface area contributed by atoms with Crippen LogP contribution < -0.4 is 10.2 Å². The van der Waals surface area contributed by atoms with E-state index < -0.39 is 16.9 Å². The Kier molecular flexibility index (Phi) is 6.04. The number of fused-ring (bicyclic) bond motifs is 1. The van der Waals surface area contributed by atoms with Crippen molar-refractivity contribution in [3.63, 3.8) is 0 Å². The average Bonchev–Trinajstić information content (AvgIpc) is 3.22. The number of non-ortho nitro benzene ring substituents is 1. The fourth-order valence-electron chi connectivity index (χ4n) is 4.10. The van der Waals surface area contributed by atoms with Crippen LogP contribution in [0, 0.1) is 15.9 Å². The van der Waals surface area contributed by atoms with Crippen molar-refractivity contribution in [2.75, 3.05) is 37.6 Å². The number of likely N-dealkylation sites (N-methyl/N-ethyl adjacent to an activating group) is 1. The molecule has 1 saturated heterocycles. The maximum Gasteiger partial charge on any atom is 0.272 e. The van der Waals surface area contributed by atoms with Crippen molar-refractivity contribution in [1.29, 1.82) is 0 Å². The van der Waals surface area contributed by atoms with Gasteiger partial charge in [0, 0.05) is 54.9 Å². The number of carbonyl (C=O) groups excluding carboxylic acids is 1. The van der Waals surface area contributed by atoms with Gasteiger partial charge >= 0.3 is 0 Å². The van der Waals surface area contributed by atoms with Crippen LogP contribution in [0.15, 0.2) is 36.4 Å². The first-order valence-electron chi connectivity index (χ1n) is 10.6. The minimum atomic E-state index is -0.520. The topological polar surface area (TPSA) is 107 Å². The van der Waals surface area contributed by atoms with E-state index in [-0.39, 0.29) is 17.2 Å². The number of H-pyrrole nitrogens is 1. The summed E-state index contributed by atoms with van der Waals surface area (Å²) in [6, 6.07) is 8.31. The number of hydrogen-bond acceptors (Lipinski definition) is 6. The summed E-state index contributed by atoms with van der Waals surface area (Å²) in [6.07, 6.45) is 0. The molecule has 0 spiro atoms. The van der Waals surface area contributed by atoms with Crippen molar-refractivity contribution in [1.82, 2.24) is 20.4 Å². The monoisotopic (exact) mass is 440 g/mol.